The van der Waals surface area contributed by atoms with Crippen molar-refractivity contribution in [2.24, 2.45) is 0 Å². The summed E-state index contributed by atoms with van der Waals surface area (Å²) in [5, 5.41) is 9.50. The summed E-state index contributed by atoms with van der Waals surface area (Å²) in [6.07, 6.45) is 5.83. The fourth-order valence-corrected chi connectivity index (χ4v) is 14.8. The van der Waals surface area contributed by atoms with Gasteiger partial charge in [0.25, 0.3) is 0 Å². The second-order valence-corrected chi connectivity index (χ2v) is 22.3. The minimum Gasteiger partial charge on any atom is -0.457 e. The molecule has 8 heteroatoms. The number of hydrogen-bond donors (Lipinski definition) is 0. The standard InChI is InChI=1S/C76H45N7O/c1-8-25-62-50(17-1)51-18-2-9-26-63(51)80(62)48-35-36-58-72(44-48)84-71-38-34-47(42-60(71)76(58)59-24-15-39-77-73(59)74-61(76)43-49(45-79-74)81-64-27-10-3-19-52(64)53-20-4-11-28-65(53)81)46-33-37-69-57(41-46)56-23-7-12-29-66(56)82(69)70-32-16-40-78-75(70)83-67-30-13-5-21-54(67)55-22-6-14-31-68(55)83/h1-45H. The van der Waals surface area contributed by atoms with Gasteiger partial charge in [-0.1, -0.05) is 152 Å². The second kappa shape index (κ2) is 16.9. The number of fused-ring (bicyclic) bond motifs is 21. The first-order valence-electron chi connectivity index (χ1n) is 28.6. The Morgan fingerprint density at radius 3 is 1.37 bits per heavy atom. The van der Waals surface area contributed by atoms with E-state index in [9.17, 15) is 0 Å². The summed E-state index contributed by atoms with van der Waals surface area (Å²) >= 11 is 0. The molecule has 0 saturated heterocycles. The van der Waals surface area contributed by atoms with Gasteiger partial charge >= 0.3 is 0 Å². The quantitative estimate of drug-likeness (QED) is 0.172. The molecule has 1 aliphatic heterocycles. The molecule has 1 spiro atoms. The molecule has 8 heterocycles. The Morgan fingerprint density at radius 1 is 0.286 bits per heavy atom. The van der Waals surface area contributed by atoms with Crippen molar-refractivity contribution in [2.45, 2.75) is 5.41 Å². The lowest BCUT2D eigenvalue weighted by Crippen LogP contribution is -2.32. The zero-order chi connectivity index (χ0) is 54.8. The van der Waals surface area contributed by atoms with Crippen LogP contribution in [-0.4, -0.2) is 33.2 Å². The van der Waals surface area contributed by atoms with E-state index < -0.39 is 5.41 Å². The molecule has 0 amide bonds. The molecule has 0 fully saturated rings. The summed E-state index contributed by atoms with van der Waals surface area (Å²) in [5.74, 6) is 2.43. The Kier molecular flexibility index (Phi) is 9.11. The van der Waals surface area contributed by atoms with Gasteiger partial charge in [-0.05, 0) is 114 Å². The molecule has 0 N–H and O–H groups in total. The third-order valence-electron chi connectivity index (χ3n) is 18.2. The lowest BCUT2D eigenvalue weighted by molar-refractivity contribution is 0.436. The Morgan fingerprint density at radius 2 is 0.762 bits per heavy atom. The Balaban J connectivity index is 0.843. The molecule has 7 aromatic heterocycles. The van der Waals surface area contributed by atoms with Crippen LogP contribution in [-0.2, 0) is 5.41 Å². The summed E-state index contributed by atoms with van der Waals surface area (Å²) in [5.41, 5.74) is 19.1. The molecule has 0 radical (unpaired) electrons. The van der Waals surface area contributed by atoms with Crippen molar-refractivity contribution in [1.29, 1.82) is 0 Å². The smallest absolute Gasteiger partial charge is 0.162 e. The van der Waals surface area contributed by atoms with Crippen molar-refractivity contribution in [2.75, 3.05) is 0 Å². The normalized spacial score (nSPS) is 14.3. The summed E-state index contributed by atoms with van der Waals surface area (Å²) in [6.45, 7) is 0. The zero-order valence-electron chi connectivity index (χ0n) is 45.0. The average molecular weight is 1070 g/mol. The highest BCUT2D eigenvalue weighted by atomic mass is 16.5. The molecule has 10 aromatic carbocycles. The molecular weight excluding hydrogens is 1030 g/mol. The lowest BCUT2D eigenvalue weighted by Gasteiger charge is -2.39. The largest absolute Gasteiger partial charge is 0.457 e. The predicted octanol–water partition coefficient (Wildman–Crippen LogP) is 18.4. The topological polar surface area (TPSA) is 67.6 Å². The number of ether oxygens (including phenoxy) is 1. The van der Waals surface area contributed by atoms with Crippen LogP contribution >= 0.6 is 0 Å². The number of benzene rings is 10. The first kappa shape index (κ1) is 45.4. The molecular formula is C76H45N7O. The predicted molar refractivity (Wildman–Crippen MR) is 340 cm³/mol. The minimum atomic E-state index is -0.900. The van der Waals surface area contributed by atoms with Crippen LogP contribution < -0.4 is 4.74 Å². The molecule has 1 aliphatic carbocycles. The summed E-state index contributed by atoms with van der Waals surface area (Å²) in [7, 11) is 0. The van der Waals surface area contributed by atoms with E-state index in [1.54, 1.807) is 0 Å². The molecule has 2 aliphatic rings. The van der Waals surface area contributed by atoms with E-state index in [1.807, 2.05) is 24.7 Å². The van der Waals surface area contributed by atoms with E-state index in [-0.39, 0.29) is 0 Å². The molecule has 1 atom stereocenters. The number of hydrogen-bond acceptors (Lipinski definition) is 4. The molecule has 390 valence electrons. The highest BCUT2D eigenvalue weighted by molar-refractivity contribution is 6.13. The molecule has 17 aromatic rings. The maximum Gasteiger partial charge on any atom is 0.162 e. The fourth-order valence-electron chi connectivity index (χ4n) is 14.8. The summed E-state index contributed by atoms with van der Waals surface area (Å²) < 4.78 is 16.8. The van der Waals surface area contributed by atoms with Crippen LogP contribution in [0.25, 0.3) is 133 Å². The van der Waals surface area contributed by atoms with Crippen LogP contribution in [0, 0.1) is 0 Å². The van der Waals surface area contributed by atoms with Gasteiger partial charge in [0.1, 0.15) is 11.5 Å². The van der Waals surface area contributed by atoms with Gasteiger partial charge in [-0.2, -0.15) is 0 Å². The van der Waals surface area contributed by atoms with Crippen molar-refractivity contribution in [3.8, 4) is 56.9 Å². The maximum absolute atomic E-state index is 7.37. The number of rotatable bonds is 5. The van der Waals surface area contributed by atoms with Crippen LogP contribution in [0.4, 0.5) is 0 Å². The van der Waals surface area contributed by atoms with Gasteiger partial charge in [0, 0.05) is 83.9 Å². The van der Waals surface area contributed by atoms with Crippen LogP contribution in [0.1, 0.15) is 22.3 Å². The van der Waals surface area contributed by atoms with E-state index in [4.69, 9.17) is 19.7 Å². The molecule has 19 rings (SSSR count). The average Bonchev–Trinajstić information content (AvgIpc) is 1.67. The van der Waals surface area contributed by atoms with E-state index in [2.05, 4.69) is 267 Å². The summed E-state index contributed by atoms with van der Waals surface area (Å²) in [4.78, 5) is 15.9. The fraction of sp³-hybridized carbons (Fsp3) is 0.0132. The van der Waals surface area contributed by atoms with Gasteiger partial charge in [-0.3, -0.25) is 14.5 Å². The van der Waals surface area contributed by atoms with E-state index in [1.165, 1.54) is 32.3 Å². The van der Waals surface area contributed by atoms with Crippen molar-refractivity contribution in [3.63, 3.8) is 0 Å². The van der Waals surface area contributed by atoms with Gasteiger partial charge in [0.05, 0.1) is 78.5 Å². The second-order valence-electron chi connectivity index (χ2n) is 22.3. The lowest BCUT2D eigenvalue weighted by atomic mass is 9.66. The first-order chi connectivity index (χ1) is 41.7. The van der Waals surface area contributed by atoms with Gasteiger partial charge in [0.2, 0.25) is 0 Å². The van der Waals surface area contributed by atoms with Crippen LogP contribution in [0.2, 0.25) is 0 Å². The first-order valence-corrected chi connectivity index (χ1v) is 28.6. The molecule has 0 saturated carbocycles. The summed E-state index contributed by atoms with van der Waals surface area (Å²) in [6, 6.07) is 92.2. The van der Waals surface area contributed by atoms with Gasteiger partial charge < -0.3 is 18.4 Å². The molecule has 8 nitrogen and oxygen atoms in total. The van der Waals surface area contributed by atoms with Gasteiger partial charge in [-0.15, -0.1) is 0 Å². The molecule has 0 bridgehead atoms. The number of nitrogens with zero attached hydrogens (tertiary/aromatic N) is 7. The third kappa shape index (κ3) is 5.97. The number of pyridine rings is 3. The zero-order valence-corrected chi connectivity index (χ0v) is 45.0. The van der Waals surface area contributed by atoms with Crippen molar-refractivity contribution >= 4 is 87.2 Å². The van der Waals surface area contributed by atoms with Crippen LogP contribution in [0.5, 0.6) is 11.5 Å². The third-order valence-corrected chi connectivity index (χ3v) is 18.2. The van der Waals surface area contributed by atoms with Crippen LogP contribution in [0.3, 0.4) is 0 Å². The van der Waals surface area contributed by atoms with E-state index in [0.717, 1.165) is 134 Å². The number of para-hydroxylation sites is 7. The SMILES string of the molecule is c1cnc(-n2c3ccccc3c3ccccc32)c(-n2c3ccccc3c3cc(-c4ccc5c(c4)C4(c6ccc(-n7c8ccccc8c8ccccc87)cc6O5)c5cccnc5-c5ncc(-n6c7ccccc7c7ccccc76)cc54)ccc32)c1. The highest BCUT2D eigenvalue weighted by Crippen LogP contribution is 2.62. The van der Waals surface area contributed by atoms with Gasteiger partial charge in [0.15, 0.2) is 5.82 Å². The van der Waals surface area contributed by atoms with Crippen molar-refractivity contribution < 1.29 is 4.74 Å². The van der Waals surface area contributed by atoms with Gasteiger partial charge in [-0.25, -0.2) is 4.98 Å². The van der Waals surface area contributed by atoms with Crippen molar-refractivity contribution in [1.82, 2.24) is 33.2 Å². The maximum atomic E-state index is 7.37. The number of aromatic nitrogens is 7. The van der Waals surface area contributed by atoms with E-state index in [0.29, 0.717) is 0 Å². The van der Waals surface area contributed by atoms with Crippen molar-refractivity contribution in [3.05, 3.63) is 296 Å². The molecule has 84 heavy (non-hydrogen) atoms. The Hall–Kier alpha value is -11.4. The van der Waals surface area contributed by atoms with E-state index >= 15 is 0 Å². The molecule has 1 unspecified atom stereocenters. The monoisotopic (exact) mass is 1070 g/mol. The van der Waals surface area contributed by atoms with Crippen LogP contribution in [0.15, 0.2) is 273 Å². The Labute approximate surface area is 480 Å². The minimum absolute atomic E-state index is 0.780. The Bertz CT molecular complexity index is 5540. The highest BCUT2D eigenvalue weighted by Gasteiger charge is 2.53.